The van der Waals surface area contributed by atoms with Crippen LogP contribution in [0.15, 0.2) is 35.7 Å². The van der Waals surface area contributed by atoms with Crippen molar-refractivity contribution in [1.29, 1.82) is 0 Å². The predicted molar refractivity (Wildman–Crippen MR) is 111 cm³/mol. The Morgan fingerprint density at radius 2 is 2.00 bits per heavy atom. The van der Waals surface area contributed by atoms with Crippen LogP contribution < -0.4 is 20.1 Å². The van der Waals surface area contributed by atoms with Gasteiger partial charge >= 0.3 is 0 Å². The minimum absolute atomic E-state index is 0.0132. The molecule has 0 aliphatic carbocycles. The van der Waals surface area contributed by atoms with Crippen LogP contribution in [0.2, 0.25) is 0 Å². The first-order valence-electron chi connectivity index (χ1n) is 9.84. The molecule has 0 spiro atoms. The highest BCUT2D eigenvalue weighted by atomic mass is 32.1. The molecule has 1 atom stereocenters. The number of nitrogens with zero attached hydrogens (tertiary/aromatic N) is 1. The summed E-state index contributed by atoms with van der Waals surface area (Å²) in [5.41, 5.74) is 0.712. The summed E-state index contributed by atoms with van der Waals surface area (Å²) in [6.45, 7) is 4.05. The summed E-state index contributed by atoms with van der Waals surface area (Å²) in [4.78, 5) is 28.2. The Morgan fingerprint density at radius 1 is 1.21 bits per heavy atom. The Balaban J connectivity index is 1.21. The van der Waals surface area contributed by atoms with Crippen molar-refractivity contribution >= 4 is 28.8 Å². The maximum Gasteiger partial charge on any atom is 0.234 e. The molecule has 2 N–H and O–H groups in total. The van der Waals surface area contributed by atoms with Crippen molar-refractivity contribution in [3.05, 3.63) is 40.6 Å². The van der Waals surface area contributed by atoms with Crippen LogP contribution in [0.25, 0.3) is 0 Å². The van der Waals surface area contributed by atoms with E-state index in [1.807, 2.05) is 30.5 Å². The van der Waals surface area contributed by atoms with E-state index in [-0.39, 0.29) is 30.6 Å². The Morgan fingerprint density at radius 3 is 2.76 bits per heavy atom. The van der Waals surface area contributed by atoms with Crippen LogP contribution in [-0.4, -0.2) is 43.1 Å². The van der Waals surface area contributed by atoms with Gasteiger partial charge in [0.05, 0.1) is 12.6 Å². The van der Waals surface area contributed by atoms with Gasteiger partial charge in [-0.3, -0.25) is 14.5 Å². The lowest BCUT2D eigenvalue weighted by Gasteiger charge is -2.31. The van der Waals surface area contributed by atoms with Gasteiger partial charge in [-0.1, -0.05) is 6.07 Å². The summed E-state index contributed by atoms with van der Waals surface area (Å²) in [5.74, 6) is 1.33. The molecule has 2 amide bonds. The van der Waals surface area contributed by atoms with Gasteiger partial charge in [0.25, 0.3) is 0 Å². The molecule has 29 heavy (non-hydrogen) atoms. The first-order valence-corrected chi connectivity index (χ1v) is 10.7. The maximum absolute atomic E-state index is 12.6. The number of piperidine rings is 1. The molecule has 0 bridgehead atoms. The minimum atomic E-state index is -0.0511. The number of likely N-dealkylation sites (tertiary alicyclic amines) is 1. The zero-order valence-corrected chi connectivity index (χ0v) is 17.2. The lowest BCUT2D eigenvalue weighted by atomic mass is 9.95. The van der Waals surface area contributed by atoms with Crippen LogP contribution in [0.4, 0.5) is 5.69 Å². The van der Waals surface area contributed by atoms with Crippen molar-refractivity contribution < 1.29 is 19.1 Å². The van der Waals surface area contributed by atoms with E-state index in [0.717, 1.165) is 30.8 Å². The molecule has 4 rings (SSSR count). The number of rotatable bonds is 6. The molecule has 3 heterocycles. The molecule has 2 aliphatic rings. The Hall–Kier alpha value is -2.58. The molecule has 0 saturated carbocycles. The summed E-state index contributed by atoms with van der Waals surface area (Å²) in [6, 6.07) is 9.44. The van der Waals surface area contributed by atoms with Crippen LogP contribution in [-0.2, 0) is 9.59 Å². The second-order valence-corrected chi connectivity index (χ2v) is 8.39. The number of carbonyl (C=O) groups excluding carboxylic acids is 2. The molecule has 7 nitrogen and oxygen atoms in total. The molecular formula is C21H25N3O4S. The molecule has 1 aromatic heterocycles. The fraction of sp³-hybridized carbons (Fsp3) is 0.429. The van der Waals surface area contributed by atoms with Crippen molar-refractivity contribution in [2.24, 2.45) is 5.92 Å². The highest BCUT2D eigenvalue weighted by molar-refractivity contribution is 7.10. The van der Waals surface area contributed by atoms with Crippen LogP contribution in [0.1, 0.15) is 30.7 Å². The van der Waals surface area contributed by atoms with E-state index in [9.17, 15) is 9.59 Å². The van der Waals surface area contributed by atoms with E-state index in [4.69, 9.17) is 9.47 Å². The second-order valence-electron chi connectivity index (χ2n) is 7.41. The zero-order valence-electron chi connectivity index (χ0n) is 16.3. The molecule has 0 unspecified atom stereocenters. The molecule has 154 valence electrons. The van der Waals surface area contributed by atoms with Crippen molar-refractivity contribution in [1.82, 2.24) is 10.2 Å². The molecule has 2 aromatic rings. The number of thiophene rings is 1. The topological polar surface area (TPSA) is 79.9 Å². The average Bonchev–Trinajstić information content (AvgIpc) is 3.40. The van der Waals surface area contributed by atoms with Gasteiger partial charge in [0, 0.05) is 22.5 Å². The lowest BCUT2D eigenvalue weighted by molar-refractivity contribution is -0.123. The van der Waals surface area contributed by atoms with Crippen LogP contribution in [0.3, 0.4) is 0 Å². The van der Waals surface area contributed by atoms with Gasteiger partial charge < -0.3 is 20.1 Å². The summed E-state index contributed by atoms with van der Waals surface area (Å²) >= 11 is 1.64. The lowest BCUT2D eigenvalue weighted by Crippen LogP contribution is -2.43. The number of nitrogens with one attached hydrogen (secondary N) is 2. The number of anilines is 1. The standard InChI is InChI=1S/C21H25N3O4S/c1-14(19-3-2-10-29-19)22-20(25)12-24-8-6-15(7-9-24)21(26)23-16-4-5-17-18(11-16)28-13-27-17/h2-5,10-11,14-15H,6-9,12-13H2,1H3,(H,22,25)(H,23,26)/t14-/m0/s1. The van der Waals surface area contributed by atoms with E-state index in [0.29, 0.717) is 23.7 Å². The quantitative estimate of drug-likeness (QED) is 0.758. The minimum Gasteiger partial charge on any atom is -0.454 e. The van der Waals surface area contributed by atoms with Gasteiger partial charge in [-0.05, 0) is 56.4 Å². The van der Waals surface area contributed by atoms with Gasteiger partial charge in [-0.25, -0.2) is 0 Å². The van der Waals surface area contributed by atoms with E-state index in [2.05, 4.69) is 15.5 Å². The van der Waals surface area contributed by atoms with E-state index in [1.54, 1.807) is 23.5 Å². The Labute approximate surface area is 174 Å². The zero-order chi connectivity index (χ0) is 20.2. The van der Waals surface area contributed by atoms with Crippen molar-refractivity contribution in [2.45, 2.75) is 25.8 Å². The highest BCUT2D eigenvalue weighted by Gasteiger charge is 2.26. The smallest absolute Gasteiger partial charge is 0.234 e. The molecule has 1 saturated heterocycles. The van der Waals surface area contributed by atoms with Gasteiger partial charge in [0.15, 0.2) is 11.5 Å². The number of hydrogen-bond donors (Lipinski definition) is 2. The van der Waals surface area contributed by atoms with Gasteiger partial charge in [-0.2, -0.15) is 0 Å². The van der Waals surface area contributed by atoms with Crippen LogP contribution in [0, 0.1) is 5.92 Å². The number of benzene rings is 1. The molecule has 1 fully saturated rings. The predicted octanol–water partition coefficient (Wildman–Crippen LogP) is 3.00. The summed E-state index contributed by atoms with van der Waals surface area (Å²) < 4.78 is 10.6. The van der Waals surface area contributed by atoms with Crippen molar-refractivity contribution in [3.63, 3.8) is 0 Å². The van der Waals surface area contributed by atoms with Crippen molar-refractivity contribution in [3.8, 4) is 11.5 Å². The van der Waals surface area contributed by atoms with Gasteiger partial charge in [0.1, 0.15) is 0 Å². The third-order valence-electron chi connectivity index (χ3n) is 5.31. The molecular weight excluding hydrogens is 390 g/mol. The van der Waals surface area contributed by atoms with Crippen LogP contribution in [0.5, 0.6) is 11.5 Å². The highest BCUT2D eigenvalue weighted by Crippen LogP contribution is 2.34. The Kier molecular flexibility index (Phi) is 6.01. The van der Waals surface area contributed by atoms with Gasteiger partial charge in [0.2, 0.25) is 18.6 Å². The number of carbonyl (C=O) groups is 2. The SMILES string of the molecule is C[C@H](NC(=O)CN1CCC(C(=O)Nc2ccc3c(c2)OCO3)CC1)c1cccs1. The molecule has 1 aromatic carbocycles. The molecule has 8 heteroatoms. The number of fused-ring (bicyclic) bond motifs is 1. The van der Waals surface area contributed by atoms with Crippen molar-refractivity contribution in [2.75, 3.05) is 31.7 Å². The van der Waals surface area contributed by atoms with E-state index < -0.39 is 0 Å². The monoisotopic (exact) mass is 415 g/mol. The number of ether oxygens (including phenoxy) is 2. The van der Waals surface area contributed by atoms with E-state index in [1.165, 1.54) is 0 Å². The van der Waals surface area contributed by atoms with Gasteiger partial charge in [-0.15, -0.1) is 11.3 Å². The normalized spacial score (nSPS) is 17.7. The summed E-state index contributed by atoms with van der Waals surface area (Å²) in [6.07, 6.45) is 1.48. The average molecular weight is 416 g/mol. The number of hydrogen-bond acceptors (Lipinski definition) is 6. The molecule has 0 radical (unpaired) electrons. The van der Waals surface area contributed by atoms with E-state index >= 15 is 0 Å². The Bertz CT molecular complexity index is 863. The molecule has 2 aliphatic heterocycles. The maximum atomic E-state index is 12.6. The summed E-state index contributed by atoms with van der Waals surface area (Å²) in [5, 5.41) is 8.02. The van der Waals surface area contributed by atoms with Crippen LogP contribution >= 0.6 is 11.3 Å². The summed E-state index contributed by atoms with van der Waals surface area (Å²) in [7, 11) is 0. The largest absolute Gasteiger partial charge is 0.454 e. The third-order valence-corrected chi connectivity index (χ3v) is 6.37. The fourth-order valence-corrected chi connectivity index (χ4v) is 4.41. The number of amides is 2. The third kappa shape index (κ3) is 4.89. The first kappa shape index (κ1) is 19.7. The fourth-order valence-electron chi connectivity index (χ4n) is 3.67. The first-order chi connectivity index (χ1) is 14.1. The second kappa shape index (κ2) is 8.84.